The van der Waals surface area contributed by atoms with Crippen molar-refractivity contribution in [2.75, 3.05) is 19.5 Å². The third-order valence-corrected chi connectivity index (χ3v) is 5.77. The Kier molecular flexibility index (Phi) is 54.1. The second-order valence-electron chi connectivity index (χ2n) is 9.76. The van der Waals surface area contributed by atoms with E-state index in [1.54, 1.807) is 6.08 Å². The van der Waals surface area contributed by atoms with Gasteiger partial charge in [0.2, 0.25) is 0 Å². The maximum absolute atomic E-state index is 12.9. The van der Waals surface area contributed by atoms with E-state index in [2.05, 4.69) is 74.3 Å². The van der Waals surface area contributed by atoms with Gasteiger partial charge in [-0.25, -0.2) is 0 Å². The van der Waals surface area contributed by atoms with E-state index in [4.69, 9.17) is 11.6 Å². The zero-order valence-corrected chi connectivity index (χ0v) is 29.5. The first-order valence-corrected chi connectivity index (χ1v) is 16.4. The normalized spacial score (nSPS) is 11.8. The smallest absolute Gasteiger partial charge is 0.136 e. The van der Waals surface area contributed by atoms with Gasteiger partial charge in [-0.1, -0.05) is 136 Å². The summed E-state index contributed by atoms with van der Waals surface area (Å²) < 4.78 is 12.9. The van der Waals surface area contributed by atoms with Crippen molar-refractivity contribution < 1.29 is 9.28 Å². The Labute approximate surface area is 262 Å². The number of Topliss-reactive ketones (excluding diaryl/α,β-unsaturated/α-hetero) is 1. The van der Waals surface area contributed by atoms with E-state index in [1.807, 2.05) is 37.3 Å². The topological polar surface area (TPSA) is 20.3 Å². The molecule has 0 aliphatic heterocycles. The van der Waals surface area contributed by atoms with Gasteiger partial charge in [-0.3, -0.25) is 4.79 Å². The van der Waals surface area contributed by atoms with Crippen LogP contribution in [0, 0.1) is 5.92 Å². The van der Waals surface area contributed by atoms with Gasteiger partial charge in [-0.15, -0.1) is 34.4 Å². The van der Waals surface area contributed by atoms with Gasteiger partial charge < -0.3 is 0 Å². The molecule has 2 nitrogen and oxygen atoms in total. The first kappa shape index (κ1) is 49.0. The number of halogens is 2. The monoisotopic (exact) mass is 598 g/mol. The second kappa shape index (κ2) is 45.3. The highest BCUT2D eigenvalue weighted by Gasteiger charge is 2.05. The number of ketones is 1. The molecule has 0 rings (SSSR count). The molecule has 0 heterocycles. The number of unbranched alkanes of at least 4 members (excludes halogenated alkanes) is 1. The van der Waals surface area contributed by atoms with Crippen molar-refractivity contribution in [1.82, 2.24) is 5.12 Å². The Morgan fingerprint density at radius 2 is 1.49 bits per heavy atom. The summed E-state index contributed by atoms with van der Waals surface area (Å²) in [5.74, 6) is 1.64. The average molecular weight is 598 g/mol. The fourth-order valence-corrected chi connectivity index (χ4v) is 3.34. The van der Waals surface area contributed by atoms with Crippen molar-refractivity contribution >= 4 is 17.4 Å². The molecule has 0 aromatic carbocycles. The lowest BCUT2D eigenvalue weighted by molar-refractivity contribution is -0.118. The number of allylic oxidation sites excluding steroid dienone is 8. The molecule has 242 valence electrons. The van der Waals surface area contributed by atoms with E-state index < -0.39 is 0 Å². The van der Waals surface area contributed by atoms with Crippen LogP contribution in [0.5, 0.6) is 0 Å². The molecule has 0 radical (unpaired) electrons. The highest BCUT2D eigenvalue weighted by Crippen LogP contribution is 2.17. The molecule has 0 aliphatic carbocycles. The van der Waals surface area contributed by atoms with Crippen molar-refractivity contribution in [3.63, 3.8) is 0 Å². The molecule has 0 N–H and O–H groups in total. The number of rotatable bonds is 18. The van der Waals surface area contributed by atoms with E-state index in [1.165, 1.54) is 39.2 Å². The predicted octanol–water partition coefficient (Wildman–Crippen LogP) is 13.0. The number of hydrogen-bond acceptors (Lipinski definition) is 2. The van der Waals surface area contributed by atoms with Crippen LogP contribution < -0.4 is 0 Å². The number of carbonyl (C=O) groups is 1. The molecule has 0 saturated heterocycles. The minimum Gasteiger partial charge on any atom is -0.299 e. The molecule has 0 fully saturated rings. The molecule has 0 bridgehead atoms. The van der Waals surface area contributed by atoms with Crippen LogP contribution in [-0.4, -0.2) is 30.4 Å². The highest BCUT2D eigenvalue weighted by atomic mass is 35.5. The maximum atomic E-state index is 12.9. The summed E-state index contributed by atoms with van der Waals surface area (Å²) in [5, 5.41) is 0.684. The SMILES string of the molecule is C/C=C\C/C=C\CCl.C=C.C=C/C(CCN(C)F)=C(\C=C/CC(=O)CCCC(C)CCC)CC.CCC.CCCC. The minimum absolute atomic E-state index is 0.300. The summed E-state index contributed by atoms with van der Waals surface area (Å²) in [5.41, 5.74) is 2.19. The molecule has 0 saturated carbocycles. The van der Waals surface area contributed by atoms with E-state index in [0.29, 0.717) is 42.6 Å². The van der Waals surface area contributed by atoms with Crippen LogP contribution in [0.3, 0.4) is 0 Å². The number of hydrogen-bond donors (Lipinski definition) is 0. The third kappa shape index (κ3) is 48.4. The lowest BCUT2D eigenvalue weighted by Crippen LogP contribution is -2.08. The molecular formula is C37H69ClFNO. The maximum Gasteiger partial charge on any atom is 0.136 e. The minimum atomic E-state index is 0.300. The molecule has 1 unspecified atom stereocenters. The third-order valence-electron chi connectivity index (χ3n) is 5.59. The van der Waals surface area contributed by atoms with Crippen molar-refractivity contribution in [2.24, 2.45) is 5.92 Å². The fraction of sp³-hybridized carbons (Fsp3) is 0.649. The summed E-state index contributed by atoms with van der Waals surface area (Å²) >= 11 is 5.37. The zero-order valence-electron chi connectivity index (χ0n) is 28.8. The van der Waals surface area contributed by atoms with Gasteiger partial charge in [0.15, 0.2) is 0 Å². The molecule has 0 aromatic rings. The summed E-state index contributed by atoms with van der Waals surface area (Å²) in [4.78, 5) is 12.0. The largest absolute Gasteiger partial charge is 0.299 e. The van der Waals surface area contributed by atoms with Crippen LogP contribution in [0.15, 0.2) is 73.4 Å². The Morgan fingerprint density at radius 3 is 1.90 bits per heavy atom. The lowest BCUT2D eigenvalue weighted by Gasteiger charge is -2.10. The molecule has 0 spiro atoms. The van der Waals surface area contributed by atoms with E-state index in [-0.39, 0.29) is 0 Å². The molecule has 0 amide bonds. The molecular weight excluding hydrogens is 529 g/mol. The van der Waals surface area contributed by atoms with Gasteiger partial charge in [0.05, 0.1) is 0 Å². The summed E-state index contributed by atoms with van der Waals surface area (Å²) in [6.07, 6.45) is 26.0. The Balaban J connectivity index is -0.000000207. The Hall–Kier alpha value is -1.71. The highest BCUT2D eigenvalue weighted by molar-refractivity contribution is 6.18. The van der Waals surface area contributed by atoms with Gasteiger partial charge >= 0.3 is 0 Å². The van der Waals surface area contributed by atoms with Crippen molar-refractivity contribution in [1.29, 1.82) is 0 Å². The van der Waals surface area contributed by atoms with Crippen LogP contribution in [0.2, 0.25) is 0 Å². The number of nitrogens with zero attached hydrogens (tertiary/aromatic N) is 1. The van der Waals surface area contributed by atoms with Crippen LogP contribution in [0.1, 0.15) is 132 Å². The summed E-state index contributed by atoms with van der Waals surface area (Å²) in [6.45, 7) is 27.3. The van der Waals surface area contributed by atoms with Crippen LogP contribution in [-0.2, 0) is 4.79 Å². The lowest BCUT2D eigenvalue weighted by atomic mass is 9.97. The van der Waals surface area contributed by atoms with Crippen LogP contribution in [0.25, 0.3) is 0 Å². The number of alkyl halides is 1. The van der Waals surface area contributed by atoms with Crippen LogP contribution in [0.4, 0.5) is 4.48 Å². The van der Waals surface area contributed by atoms with Gasteiger partial charge in [0.25, 0.3) is 0 Å². The van der Waals surface area contributed by atoms with Crippen molar-refractivity contribution in [2.45, 2.75) is 132 Å². The molecule has 41 heavy (non-hydrogen) atoms. The van der Waals surface area contributed by atoms with Gasteiger partial charge in [-0.05, 0) is 49.7 Å². The molecule has 1 atom stereocenters. The summed E-state index contributed by atoms with van der Waals surface area (Å²) in [7, 11) is 1.42. The molecule has 0 aromatic heterocycles. The quantitative estimate of drug-likeness (QED) is 0.0677. The first-order chi connectivity index (χ1) is 19.7. The standard InChI is InChI=1S/C21H36FNO.C7H11Cl.C4H10.C3H8.C2H4/c1-6-11-18(4)12-9-14-21(24)15-10-13-19(7-2)20(8-3)16-17-23(5)22;1-2-3-4-5-6-7-8;1-3-4-2;1-3-2;1-2/h8,10,13,18H,3,6-7,9,11-12,14-17H2,1-2,4-5H3;2-3,5-6H,4,7H2,1H3;3-4H2,1-2H3;3H2,1-2H3;1-2H2/b13-10-,20-19+;3-2-,6-5-;;;. The van der Waals surface area contributed by atoms with E-state index in [9.17, 15) is 9.28 Å². The van der Waals surface area contributed by atoms with Crippen molar-refractivity contribution in [3.8, 4) is 0 Å². The van der Waals surface area contributed by atoms with E-state index in [0.717, 1.165) is 42.7 Å². The predicted molar refractivity (Wildman–Crippen MR) is 190 cm³/mol. The Bertz CT molecular complexity index is 647. The van der Waals surface area contributed by atoms with Gasteiger partial charge in [0, 0.05) is 32.3 Å². The first-order valence-electron chi connectivity index (χ1n) is 15.9. The fourth-order valence-electron chi connectivity index (χ4n) is 3.21. The van der Waals surface area contributed by atoms with Gasteiger partial charge in [0.1, 0.15) is 5.78 Å². The summed E-state index contributed by atoms with van der Waals surface area (Å²) in [6, 6.07) is 0. The van der Waals surface area contributed by atoms with Crippen LogP contribution >= 0.6 is 11.6 Å². The van der Waals surface area contributed by atoms with E-state index >= 15 is 0 Å². The Morgan fingerprint density at radius 1 is 0.902 bits per heavy atom. The number of carbonyl (C=O) groups excluding carboxylic acids is 1. The van der Waals surface area contributed by atoms with Gasteiger partial charge in [-0.2, -0.15) is 0 Å². The van der Waals surface area contributed by atoms with Crippen molar-refractivity contribution in [3.05, 3.63) is 73.4 Å². The molecule has 4 heteroatoms. The average Bonchev–Trinajstić information content (AvgIpc) is 2.96. The second-order valence-corrected chi connectivity index (χ2v) is 10.1. The zero-order chi connectivity index (χ0) is 32.7. The molecule has 0 aliphatic rings.